The Bertz CT molecular complexity index is 260. The van der Waals surface area contributed by atoms with Crippen LogP contribution in [0.5, 0.6) is 0 Å². The second-order valence-electron chi connectivity index (χ2n) is 4.06. The molecule has 0 spiro atoms. The molecule has 2 nitrogen and oxygen atoms in total. The van der Waals surface area contributed by atoms with Crippen molar-refractivity contribution < 1.29 is 5.11 Å². The highest BCUT2D eigenvalue weighted by atomic mass is 16.3. The fourth-order valence-electron chi connectivity index (χ4n) is 1.52. The largest absolute Gasteiger partial charge is 0.392 e. The molecule has 0 aliphatic carbocycles. The van der Waals surface area contributed by atoms with Crippen LogP contribution in [0.2, 0.25) is 0 Å². The first-order valence-corrected chi connectivity index (χ1v) is 5.67. The maximum absolute atomic E-state index is 9.41. The number of rotatable bonds is 6. The van der Waals surface area contributed by atoms with Crippen LogP contribution in [-0.4, -0.2) is 23.8 Å². The van der Waals surface area contributed by atoms with Crippen LogP contribution in [-0.2, 0) is 6.42 Å². The molecule has 1 rings (SSSR count). The number of aliphatic hydroxyl groups excluding tert-OH is 1. The van der Waals surface area contributed by atoms with Crippen LogP contribution in [0.4, 0.5) is 0 Å². The second kappa shape index (κ2) is 6.59. The third-order valence-electron chi connectivity index (χ3n) is 2.56. The summed E-state index contributed by atoms with van der Waals surface area (Å²) in [4.78, 5) is 0. The van der Waals surface area contributed by atoms with E-state index < -0.39 is 0 Å². The van der Waals surface area contributed by atoms with Crippen molar-refractivity contribution in [2.45, 2.75) is 38.8 Å². The second-order valence-corrected chi connectivity index (χ2v) is 4.06. The highest BCUT2D eigenvalue weighted by Crippen LogP contribution is 2.02. The molecule has 84 valence electrons. The average molecular weight is 207 g/mol. The summed E-state index contributed by atoms with van der Waals surface area (Å²) in [5.41, 5.74) is 1.34. The Kier molecular flexibility index (Phi) is 5.37. The summed E-state index contributed by atoms with van der Waals surface area (Å²) in [7, 11) is 0. The van der Waals surface area contributed by atoms with Crippen LogP contribution in [0.1, 0.15) is 25.8 Å². The van der Waals surface area contributed by atoms with Crippen molar-refractivity contribution in [1.82, 2.24) is 5.32 Å². The van der Waals surface area contributed by atoms with Crippen molar-refractivity contribution in [2.24, 2.45) is 0 Å². The Morgan fingerprint density at radius 3 is 2.53 bits per heavy atom. The van der Waals surface area contributed by atoms with Crippen molar-refractivity contribution in [1.29, 1.82) is 0 Å². The summed E-state index contributed by atoms with van der Waals surface area (Å²) < 4.78 is 0. The van der Waals surface area contributed by atoms with Gasteiger partial charge in [-0.3, -0.25) is 0 Å². The summed E-state index contributed by atoms with van der Waals surface area (Å²) in [5.74, 6) is 0. The molecule has 2 heteroatoms. The Labute approximate surface area is 92.3 Å². The highest BCUT2D eigenvalue weighted by Gasteiger charge is 2.05. The standard InChI is InChI=1S/C13H21NO/c1-3-13(15)10-14-11(2)9-12-7-5-4-6-8-12/h4-8,11,13-15H,3,9-10H2,1-2H3. The summed E-state index contributed by atoms with van der Waals surface area (Å²) >= 11 is 0. The SMILES string of the molecule is CCC(O)CNC(C)Cc1ccccc1. The van der Waals surface area contributed by atoms with Gasteiger partial charge in [-0.2, -0.15) is 0 Å². The number of hydrogen-bond donors (Lipinski definition) is 2. The van der Waals surface area contributed by atoms with E-state index in [-0.39, 0.29) is 6.10 Å². The lowest BCUT2D eigenvalue weighted by Gasteiger charge is -2.16. The van der Waals surface area contributed by atoms with Crippen molar-refractivity contribution in [3.05, 3.63) is 35.9 Å². The van der Waals surface area contributed by atoms with E-state index in [1.54, 1.807) is 0 Å². The van der Waals surface area contributed by atoms with Crippen LogP contribution in [0.25, 0.3) is 0 Å². The van der Waals surface area contributed by atoms with Crippen LogP contribution >= 0.6 is 0 Å². The fourth-order valence-corrected chi connectivity index (χ4v) is 1.52. The molecular weight excluding hydrogens is 186 g/mol. The lowest BCUT2D eigenvalue weighted by atomic mass is 10.1. The first-order chi connectivity index (χ1) is 7.22. The third-order valence-corrected chi connectivity index (χ3v) is 2.56. The molecule has 1 aromatic carbocycles. The molecular formula is C13H21NO. The summed E-state index contributed by atoms with van der Waals surface area (Å²) in [6.07, 6.45) is 1.60. The predicted molar refractivity (Wildman–Crippen MR) is 63.9 cm³/mol. The van der Waals surface area contributed by atoms with E-state index in [0.717, 1.165) is 12.8 Å². The average Bonchev–Trinajstić information content (AvgIpc) is 2.27. The first kappa shape index (κ1) is 12.2. The molecule has 2 atom stereocenters. The molecule has 0 aliphatic heterocycles. The number of benzene rings is 1. The van der Waals surface area contributed by atoms with E-state index in [0.29, 0.717) is 12.6 Å². The van der Waals surface area contributed by atoms with E-state index in [9.17, 15) is 5.11 Å². The molecule has 0 amide bonds. The van der Waals surface area contributed by atoms with Gasteiger partial charge in [-0.25, -0.2) is 0 Å². The third kappa shape index (κ3) is 4.96. The topological polar surface area (TPSA) is 32.3 Å². The van der Waals surface area contributed by atoms with Gasteiger partial charge in [0.25, 0.3) is 0 Å². The smallest absolute Gasteiger partial charge is 0.0662 e. The van der Waals surface area contributed by atoms with Crippen LogP contribution < -0.4 is 5.32 Å². The van der Waals surface area contributed by atoms with Gasteiger partial charge >= 0.3 is 0 Å². The van der Waals surface area contributed by atoms with Gasteiger partial charge < -0.3 is 10.4 Å². The molecule has 0 bridgehead atoms. The van der Waals surface area contributed by atoms with Crippen molar-refractivity contribution in [3.8, 4) is 0 Å². The molecule has 0 saturated heterocycles. The van der Waals surface area contributed by atoms with Crippen molar-refractivity contribution in [2.75, 3.05) is 6.54 Å². The Balaban J connectivity index is 2.27. The van der Waals surface area contributed by atoms with E-state index in [1.807, 2.05) is 13.0 Å². The highest BCUT2D eigenvalue weighted by molar-refractivity contribution is 5.15. The van der Waals surface area contributed by atoms with E-state index in [4.69, 9.17) is 0 Å². The van der Waals surface area contributed by atoms with E-state index >= 15 is 0 Å². The molecule has 2 N–H and O–H groups in total. The molecule has 0 heterocycles. The molecule has 0 fully saturated rings. The fraction of sp³-hybridized carbons (Fsp3) is 0.538. The van der Waals surface area contributed by atoms with Gasteiger partial charge in [0.2, 0.25) is 0 Å². The normalized spacial score (nSPS) is 14.9. The Morgan fingerprint density at radius 2 is 1.93 bits per heavy atom. The van der Waals surface area contributed by atoms with Gasteiger partial charge in [0.15, 0.2) is 0 Å². The van der Waals surface area contributed by atoms with E-state index in [2.05, 4.69) is 36.5 Å². The van der Waals surface area contributed by atoms with Gasteiger partial charge in [-0.15, -0.1) is 0 Å². The monoisotopic (exact) mass is 207 g/mol. The minimum Gasteiger partial charge on any atom is -0.392 e. The lowest BCUT2D eigenvalue weighted by molar-refractivity contribution is 0.163. The maximum atomic E-state index is 9.41. The van der Waals surface area contributed by atoms with Crippen LogP contribution in [0.15, 0.2) is 30.3 Å². The van der Waals surface area contributed by atoms with Gasteiger partial charge in [0, 0.05) is 12.6 Å². The minimum absolute atomic E-state index is 0.219. The number of nitrogens with one attached hydrogen (secondary N) is 1. The van der Waals surface area contributed by atoms with Crippen LogP contribution in [0.3, 0.4) is 0 Å². The summed E-state index contributed by atoms with van der Waals surface area (Å²) in [6, 6.07) is 10.8. The zero-order valence-corrected chi connectivity index (χ0v) is 9.61. The van der Waals surface area contributed by atoms with Gasteiger partial charge in [0.05, 0.1) is 6.10 Å². The Morgan fingerprint density at radius 1 is 1.27 bits per heavy atom. The predicted octanol–water partition coefficient (Wildman–Crippen LogP) is 1.98. The van der Waals surface area contributed by atoms with Crippen LogP contribution in [0, 0.1) is 0 Å². The quantitative estimate of drug-likeness (QED) is 0.747. The minimum atomic E-state index is -0.219. The summed E-state index contributed by atoms with van der Waals surface area (Å²) in [6.45, 7) is 4.83. The molecule has 15 heavy (non-hydrogen) atoms. The molecule has 0 radical (unpaired) electrons. The number of hydrogen-bond acceptors (Lipinski definition) is 2. The van der Waals surface area contributed by atoms with Gasteiger partial charge in [0.1, 0.15) is 0 Å². The zero-order valence-electron chi connectivity index (χ0n) is 9.61. The molecule has 1 aromatic rings. The maximum Gasteiger partial charge on any atom is 0.0662 e. The zero-order chi connectivity index (χ0) is 11.1. The summed E-state index contributed by atoms with van der Waals surface area (Å²) in [5, 5.41) is 12.7. The molecule has 0 aromatic heterocycles. The van der Waals surface area contributed by atoms with E-state index in [1.165, 1.54) is 5.56 Å². The molecule has 0 saturated carbocycles. The number of aliphatic hydroxyl groups is 1. The lowest BCUT2D eigenvalue weighted by Crippen LogP contribution is -2.34. The molecule has 2 unspecified atom stereocenters. The van der Waals surface area contributed by atoms with Gasteiger partial charge in [-0.05, 0) is 25.3 Å². The van der Waals surface area contributed by atoms with Crippen molar-refractivity contribution in [3.63, 3.8) is 0 Å². The Hall–Kier alpha value is -0.860. The van der Waals surface area contributed by atoms with Gasteiger partial charge in [-0.1, -0.05) is 37.3 Å². The first-order valence-electron chi connectivity index (χ1n) is 5.67. The van der Waals surface area contributed by atoms with Crippen molar-refractivity contribution >= 4 is 0 Å². The molecule has 0 aliphatic rings.